The van der Waals surface area contributed by atoms with Gasteiger partial charge in [-0.1, -0.05) is 6.07 Å². The molecular formula is C14H15F2NO3. The molecule has 0 saturated heterocycles. The topological polar surface area (TPSA) is 57.6 Å². The number of nitrogens with zero attached hydrogens (tertiary/aromatic N) is 1. The Hall–Kier alpha value is -1.98. The summed E-state index contributed by atoms with van der Waals surface area (Å²) in [4.78, 5) is 24.5. The van der Waals surface area contributed by atoms with Gasteiger partial charge in [-0.15, -0.1) is 0 Å². The van der Waals surface area contributed by atoms with E-state index in [1.165, 1.54) is 11.0 Å². The third-order valence-electron chi connectivity index (χ3n) is 3.65. The van der Waals surface area contributed by atoms with Gasteiger partial charge in [-0.2, -0.15) is 0 Å². The first-order chi connectivity index (χ1) is 9.42. The lowest BCUT2D eigenvalue weighted by molar-refractivity contribution is -0.153. The van der Waals surface area contributed by atoms with E-state index in [0.29, 0.717) is 0 Å². The highest BCUT2D eigenvalue weighted by molar-refractivity contribution is 6.04. The summed E-state index contributed by atoms with van der Waals surface area (Å²) in [6.45, 7) is 1.58. The molecule has 6 heteroatoms. The van der Waals surface area contributed by atoms with Crippen LogP contribution >= 0.6 is 0 Å². The van der Waals surface area contributed by atoms with Crippen molar-refractivity contribution < 1.29 is 23.5 Å². The Morgan fingerprint density at radius 2 is 1.85 bits per heavy atom. The lowest BCUT2D eigenvalue weighted by atomic mass is 10.0. The number of carboxylic acid groups (broad SMARTS) is 1. The monoisotopic (exact) mass is 283 g/mol. The van der Waals surface area contributed by atoms with Crippen molar-refractivity contribution in [2.45, 2.75) is 26.3 Å². The van der Waals surface area contributed by atoms with Crippen LogP contribution in [0.3, 0.4) is 0 Å². The van der Waals surface area contributed by atoms with Crippen LogP contribution in [-0.2, 0) is 16.1 Å². The molecule has 0 spiro atoms. The summed E-state index contributed by atoms with van der Waals surface area (Å²) in [5.74, 6) is -3.22. The fourth-order valence-corrected chi connectivity index (χ4v) is 2.15. The Morgan fingerprint density at radius 1 is 1.30 bits per heavy atom. The average Bonchev–Trinajstić information content (AvgIpc) is 3.19. The van der Waals surface area contributed by atoms with Gasteiger partial charge in [0.15, 0.2) is 0 Å². The number of carboxylic acids is 1. The van der Waals surface area contributed by atoms with Gasteiger partial charge in [0, 0.05) is 12.1 Å². The molecule has 0 radical (unpaired) electrons. The lowest BCUT2D eigenvalue weighted by Gasteiger charge is -2.24. The number of amides is 1. The summed E-state index contributed by atoms with van der Waals surface area (Å²) in [5, 5.41) is 9.10. The first kappa shape index (κ1) is 14.4. The molecule has 1 aliphatic carbocycles. The maximum absolute atomic E-state index is 13.6. The van der Waals surface area contributed by atoms with E-state index in [4.69, 9.17) is 5.11 Å². The molecule has 1 fully saturated rings. The van der Waals surface area contributed by atoms with Crippen molar-refractivity contribution in [2.24, 2.45) is 5.41 Å². The molecule has 1 saturated carbocycles. The molecule has 2 rings (SSSR count). The maximum Gasteiger partial charge on any atom is 0.319 e. The Morgan fingerprint density at radius 3 is 2.25 bits per heavy atom. The molecule has 1 aliphatic rings. The molecular weight excluding hydrogens is 268 g/mol. The van der Waals surface area contributed by atoms with E-state index in [1.807, 2.05) is 0 Å². The molecule has 0 aliphatic heterocycles. The van der Waals surface area contributed by atoms with Crippen LogP contribution in [0.4, 0.5) is 8.78 Å². The fourth-order valence-electron chi connectivity index (χ4n) is 2.15. The summed E-state index contributed by atoms with van der Waals surface area (Å²) in [6.07, 6.45) is 0.550. The third-order valence-corrected chi connectivity index (χ3v) is 3.65. The molecule has 0 bridgehead atoms. The number of halogens is 2. The van der Waals surface area contributed by atoms with Crippen molar-refractivity contribution in [3.63, 3.8) is 0 Å². The molecule has 1 N–H and O–H groups in total. The standard InChI is InChI=1S/C14H15F2NO3/c1-2-17(12(18)14(6-7-14)13(19)20)8-9-10(15)4-3-5-11(9)16/h3-5H,2,6-8H2,1H3,(H,19,20). The Kier molecular flexibility index (Phi) is 3.74. The third kappa shape index (κ3) is 2.37. The Labute approximate surface area is 115 Å². The zero-order chi connectivity index (χ0) is 14.9. The number of aliphatic carboxylic acids is 1. The van der Waals surface area contributed by atoms with Gasteiger partial charge in [0.1, 0.15) is 17.0 Å². The van der Waals surface area contributed by atoms with Crippen LogP contribution in [0, 0.1) is 17.0 Å². The van der Waals surface area contributed by atoms with Crippen molar-refractivity contribution in [1.82, 2.24) is 4.90 Å². The van der Waals surface area contributed by atoms with Gasteiger partial charge >= 0.3 is 5.97 Å². The van der Waals surface area contributed by atoms with Crippen molar-refractivity contribution >= 4 is 11.9 Å². The van der Waals surface area contributed by atoms with Crippen LogP contribution in [0.2, 0.25) is 0 Å². The zero-order valence-electron chi connectivity index (χ0n) is 11.0. The quantitative estimate of drug-likeness (QED) is 0.843. The lowest BCUT2D eigenvalue weighted by Crippen LogP contribution is -2.40. The molecule has 0 aromatic heterocycles. The summed E-state index contributed by atoms with van der Waals surface area (Å²) in [7, 11) is 0. The average molecular weight is 283 g/mol. The van der Waals surface area contributed by atoms with Crippen molar-refractivity contribution in [2.75, 3.05) is 6.54 Å². The number of carbonyl (C=O) groups is 2. The summed E-state index contributed by atoms with van der Waals surface area (Å²) >= 11 is 0. The van der Waals surface area contributed by atoms with Gasteiger partial charge in [-0.25, -0.2) is 8.78 Å². The fraction of sp³-hybridized carbons (Fsp3) is 0.429. The number of hydrogen-bond donors (Lipinski definition) is 1. The predicted molar refractivity (Wildman–Crippen MR) is 66.8 cm³/mol. The molecule has 108 valence electrons. The van der Waals surface area contributed by atoms with Gasteiger partial charge < -0.3 is 10.0 Å². The van der Waals surface area contributed by atoms with Crippen LogP contribution in [0.25, 0.3) is 0 Å². The van der Waals surface area contributed by atoms with Gasteiger partial charge in [0.25, 0.3) is 0 Å². The van der Waals surface area contributed by atoms with Crippen LogP contribution in [0.1, 0.15) is 25.3 Å². The summed E-state index contributed by atoms with van der Waals surface area (Å²) in [6, 6.07) is 3.47. The zero-order valence-corrected chi connectivity index (χ0v) is 11.0. The highest BCUT2D eigenvalue weighted by Gasteiger charge is 2.58. The van der Waals surface area contributed by atoms with Crippen molar-refractivity contribution in [3.05, 3.63) is 35.4 Å². The van der Waals surface area contributed by atoms with Crippen molar-refractivity contribution in [3.8, 4) is 0 Å². The number of benzene rings is 1. The minimum Gasteiger partial charge on any atom is -0.480 e. The maximum atomic E-state index is 13.6. The Balaban J connectivity index is 2.22. The highest BCUT2D eigenvalue weighted by Crippen LogP contribution is 2.47. The highest BCUT2D eigenvalue weighted by atomic mass is 19.1. The van der Waals surface area contributed by atoms with Crippen LogP contribution < -0.4 is 0 Å². The largest absolute Gasteiger partial charge is 0.480 e. The Bertz CT molecular complexity index is 535. The molecule has 4 nitrogen and oxygen atoms in total. The first-order valence-electron chi connectivity index (χ1n) is 6.38. The minimum atomic E-state index is -1.39. The van der Waals surface area contributed by atoms with Gasteiger partial charge in [0.2, 0.25) is 5.91 Å². The minimum absolute atomic E-state index is 0.196. The number of rotatable bonds is 5. The normalized spacial score (nSPS) is 15.8. The molecule has 0 atom stereocenters. The van der Waals surface area contributed by atoms with E-state index in [-0.39, 0.29) is 31.5 Å². The van der Waals surface area contributed by atoms with E-state index in [9.17, 15) is 18.4 Å². The van der Waals surface area contributed by atoms with Crippen molar-refractivity contribution in [1.29, 1.82) is 0 Å². The summed E-state index contributed by atoms with van der Waals surface area (Å²) in [5.41, 5.74) is -1.61. The SMILES string of the molecule is CCN(Cc1c(F)cccc1F)C(=O)C1(C(=O)O)CC1. The molecule has 20 heavy (non-hydrogen) atoms. The summed E-state index contributed by atoms with van der Waals surface area (Å²) < 4.78 is 27.2. The second kappa shape index (κ2) is 5.19. The van der Waals surface area contributed by atoms with Crippen LogP contribution in [0.5, 0.6) is 0 Å². The van der Waals surface area contributed by atoms with Gasteiger partial charge in [0.05, 0.1) is 6.54 Å². The van der Waals surface area contributed by atoms with E-state index < -0.39 is 28.9 Å². The predicted octanol–water partition coefficient (Wildman–Crippen LogP) is 2.18. The second-order valence-corrected chi connectivity index (χ2v) is 4.91. The molecule has 0 unspecified atom stereocenters. The van der Waals surface area contributed by atoms with E-state index in [0.717, 1.165) is 12.1 Å². The van der Waals surface area contributed by atoms with Crippen LogP contribution in [0.15, 0.2) is 18.2 Å². The van der Waals surface area contributed by atoms with E-state index in [2.05, 4.69) is 0 Å². The molecule has 1 aromatic rings. The van der Waals surface area contributed by atoms with E-state index in [1.54, 1.807) is 6.92 Å². The number of hydrogen-bond acceptors (Lipinski definition) is 2. The second-order valence-electron chi connectivity index (χ2n) is 4.91. The van der Waals surface area contributed by atoms with Gasteiger partial charge in [-0.3, -0.25) is 9.59 Å². The number of carbonyl (C=O) groups excluding carboxylic acids is 1. The van der Waals surface area contributed by atoms with Gasteiger partial charge in [-0.05, 0) is 31.9 Å². The smallest absolute Gasteiger partial charge is 0.319 e. The molecule has 1 amide bonds. The molecule has 1 aromatic carbocycles. The van der Waals surface area contributed by atoms with E-state index >= 15 is 0 Å². The molecule has 0 heterocycles. The van der Waals surface area contributed by atoms with Crippen LogP contribution in [-0.4, -0.2) is 28.4 Å². The first-order valence-corrected chi connectivity index (χ1v) is 6.38.